The van der Waals surface area contributed by atoms with Gasteiger partial charge in [-0.3, -0.25) is 5.43 Å². The van der Waals surface area contributed by atoms with Crippen molar-refractivity contribution < 1.29 is 4.42 Å². The van der Waals surface area contributed by atoms with Crippen LogP contribution in [-0.4, -0.2) is 11.3 Å². The van der Waals surface area contributed by atoms with E-state index in [0.29, 0.717) is 6.42 Å². The van der Waals surface area contributed by atoms with Crippen LogP contribution >= 0.6 is 12.2 Å². The molecule has 0 saturated carbocycles. The molecular weight excluding hydrogens is 174 g/mol. The minimum absolute atomic E-state index is 0.158. The fourth-order valence-corrected chi connectivity index (χ4v) is 0.726. The molecule has 0 atom stereocenters. The lowest BCUT2D eigenvalue weighted by molar-refractivity contribution is 0.527. The first kappa shape index (κ1) is 8.73. The highest BCUT2D eigenvalue weighted by molar-refractivity contribution is 7.80. The Balaban J connectivity index is 2.26. The number of thiocarbonyl (C=S) groups is 1. The predicted molar refractivity (Wildman–Crippen MR) is 50.8 cm³/mol. The highest BCUT2D eigenvalue weighted by atomic mass is 32.1. The quantitative estimate of drug-likeness (QED) is 0.410. The van der Waals surface area contributed by atoms with Gasteiger partial charge in [0.05, 0.1) is 6.26 Å². The molecule has 0 aliphatic carbocycles. The lowest BCUT2D eigenvalue weighted by atomic mass is 10.3. The Morgan fingerprint density at radius 3 is 3.25 bits per heavy atom. The van der Waals surface area contributed by atoms with E-state index in [-0.39, 0.29) is 5.11 Å². The van der Waals surface area contributed by atoms with Crippen LogP contribution in [0.15, 0.2) is 27.9 Å². The first-order chi connectivity index (χ1) is 5.79. The zero-order valence-electron chi connectivity index (χ0n) is 6.36. The van der Waals surface area contributed by atoms with Crippen LogP contribution in [0, 0.1) is 0 Å². The Morgan fingerprint density at radius 2 is 2.67 bits per heavy atom. The first-order valence-corrected chi connectivity index (χ1v) is 3.79. The second kappa shape index (κ2) is 4.50. The summed E-state index contributed by atoms with van der Waals surface area (Å²) in [5.41, 5.74) is 7.58. The van der Waals surface area contributed by atoms with Gasteiger partial charge in [0.25, 0.3) is 0 Å². The maximum atomic E-state index is 5.14. The zero-order chi connectivity index (χ0) is 8.81. The third-order valence-corrected chi connectivity index (χ3v) is 1.23. The largest absolute Gasteiger partial charge is 0.469 e. The lowest BCUT2D eigenvalue weighted by Gasteiger charge is -1.92. The van der Waals surface area contributed by atoms with Gasteiger partial charge < -0.3 is 10.2 Å². The molecule has 0 aliphatic rings. The van der Waals surface area contributed by atoms with Gasteiger partial charge in [0.1, 0.15) is 5.76 Å². The fraction of sp³-hybridized carbons (Fsp3) is 0.143. The van der Waals surface area contributed by atoms with Gasteiger partial charge in [0.15, 0.2) is 5.11 Å². The average Bonchev–Trinajstić information content (AvgIpc) is 2.49. The number of nitrogens with zero attached hydrogens (tertiary/aromatic N) is 1. The van der Waals surface area contributed by atoms with Gasteiger partial charge in [-0.25, -0.2) is 0 Å². The van der Waals surface area contributed by atoms with Crippen LogP contribution in [-0.2, 0) is 6.42 Å². The molecule has 12 heavy (non-hydrogen) atoms. The number of rotatable bonds is 3. The van der Waals surface area contributed by atoms with Crippen molar-refractivity contribution >= 4 is 23.5 Å². The summed E-state index contributed by atoms with van der Waals surface area (Å²) in [6.07, 6.45) is 3.88. The molecule has 0 saturated heterocycles. The normalized spacial score (nSPS) is 10.3. The van der Waals surface area contributed by atoms with E-state index >= 15 is 0 Å². The third kappa shape index (κ3) is 3.16. The Labute approximate surface area is 75.4 Å². The molecule has 0 aliphatic heterocycles. The molecule has 1 rings (SSSR count). The van der Waals surface area contributed by atoms with E-state index in [4.69, 9.17) is 10.2 Å². The van der Waals surface area contributed by atoms with Gasteiger partial charge in [0, 0.05) is 12.6 Å². The van der Waals surface area contributed by atoms with E-state index in [2.05, 4.69) is 22.7 Å². The molecule has 0 amide bonds. The molecule has 0 unspecified atom stereocenters. The molecule has 0 fully saturated rings. The minimum Gasteiger partial charge on any atom is -0.469 e. The SMILES string of the molecule is NC(=S)N/N=C/Cc1ccco1. The number of nitrogens with one attached hydrogen (secondary N) is 1. The highest BCUT2D eigenvalue weighted by Gasteiger charge is 1.89. The van der Waals surface area contributed by atoms with Crippen LogP contribution in [0.25, 0.3) is 0 Å². The van der Waals surface area contributed by atoms with Gasteiger partial charge >= 0.3 is 0 Å². The number of nitrogens with two attached hydrogens (primary N) is 1. The van der Waals surface area contributed by atoms with Crippen LogP contribution in [0.1, 0.15) is 5.76 Å². The lowest BCUT2D eigenvalue weighted by Crippen LogP contribution is -2.24. The molecule has 1 aromatic rings. The second-order valence-corrected chi connectivity index (χ2v) is 2.51. The van der Waals surface area contributed by atoms with E-state index < -0.39 is 0 Å². The number of hydrazone groups is 1. The standard InChI is InChI=1S/C7H9N3OS/c8-7(12)10-9-4-3-6-2-1-5-11-6/h1-2,4-5H,3H2,(H3,8,10,12)/b9-4+. The summed E-state index contributed by atoms with van der Waals surface area (Å²) in [6.45, 7) is 0. The first-order valence-electron chi connectivity index (χ1n) is 3.38. The minimum atomic E-state index is 0.158. The smallest absolute Gasteiger partial charge is 0.184 e. The number of hydrogen-bond acceptors (Lipinski definition) is 3. The summed E-state index contributed by atoms with van der Waals surface area (Å²) in [7, 11) is 0. The molecular formula is C7H9N3OS. The van der Waals surface area contributed by atoms with Crippen molar-refractivity contribution in [3.8, 4) is 0 Å². The van der Waals surface area contributed by atoms with E-state index in [1.165, 1.54) is 0 Å². The molecule has 1 aromatic heterocycles. The van der Waals surface area contributed by atoms with Gasteiger partial charge in [-0.1, -0.05) is 0 Å². The van der Waals surface area contributed by atoms with Gasteiger partial charge in [-0.05, 0) is 24.4 Å². The Hall–Kier alpha value is -1.36. The Kier molecular flexibility index (Phi) is 3.28. The van der Waals surface area contributed by atoms with Crippen LogP contribution in [0.4, 0.5) is 0 Å². The van der Waals surface area contributed by atoms with Crippen molar-refractivity contribution in [2.24, 2.45) is 10.8 Å². The monoisotopic (exact) mass is 183 g/mol. The third-order valence-electron chi connectivity index (χ3n) is 1.14. The molecule has 64 valence electrons. The van der Waals surface area contributed by atoms with Crippen molar-refractivity contribution in [2.45, 2.75) is 6.42 Å². The average molecular weight is 183 g/mol. The van der Waals surface area contributed by atoms with Crippen molar-refractivity contribution in [1.29, 1.82) is 0 Å². The van der Waals surface area contributed by atoms with Crippen molar-refractivity contribution in [3.05, 3.63) is 24.2 Å². The number of hydrogen-bond donors (Lipinski definition) is 2. The highest BCUT2D eigenvalue weighted by Crippen LogP contribution is 1.98. The summed E-state index contributed by atoms with van der Waals surface area (Å²) in [4.78, 5) is 0. The molecule has 0 spiro atoms. The molecule has 4 nitrogen and oxygen atoms in total. The van der Waals surface area contributed by atoms with Gasteiger partial charge in [0.2, 0.25) is 0 Å². The second-order valence-electron chi connectivity index (χ2n) is 2.07. The maximum Gasteiger partial charge on any atom is 0.184 e. The van der Waals surface area contributed by atoms with Gasteiger partial charge in [-0.15, -0.1) is 0 Å². The summed E-state index contributed by atoms with van der Waals surface area (Å²) in [5, 5.41) is 3.90. The Morgan fingerprint density at radius 1 is 1.83 bits per heavy atom. The predicted octanol–water partition coefficient (Wildman–Crippen LogP) is 0.641. The summed E-state index contributed by atoms with van der Waals surface area (Å²) in [5.74, 6) is 0.850. The molecule has 0 aromatic carbocycles. The zero-order valence-corrected chi connectivity index (χ0v) is 7.17. The summed E-state index contributed by atoms with van der Waals surface area (Å²) in [6, 6.07) is 3.69. The van der Waals surface area contributed by atoms with Crippen molar-refractivity contribution in [1.82, 2.24) is 5.43 Å². The molecule has 0 bridgehead atoms. The summed E-state index contributed by atoms with van der Waals surface area (Å²) < 4.78 is 5.06. The van der Waals surface area contributed by atoms with Gasteiger partial charge in [-0.2, -0.15) is 5.10 Å². The van der Waals surface area contributed by atoms with E-state index in [9.17, 15) is 0 Å². The molecule has 3 N–H and O–H groups in total. The van der Waals surface area contributed by atoms with E-state index in [1.54, 1.807) is 12.5 Å². The van der Waals surface area contributed by atoms with E-state index in [0.717, 1.165) is 5.76 Å². The van der Waals surface area contributed by atoms with Crippen molar-refractivity contribution in [2.75, 3.05) is 0 Å². The van der Waals surface area contributed by atoms with Crippen LogP contribution in [0.2, 0.25) is 0 Å². The molecule has 1 heterocycles. The van der Waals surface area contributed by atoms with Crippen molar-refractivity contribution in [3.63, 3.8) is 0 Å². The van der Waals surface area contributed by atoms with Crippen LogP contribution < -0.4 is 11.2 Å². The molecule has 0 radical (unpaired) electrons. The fourth-order valence-electron chi connectivity index (χ4n) is 0.674. The maximum absolute atomic E-state index is 5.14. The summed E-state index contributed by atoms with van der Waals surface area (Å²) >= 11 is 4.54. The topological polar surface area (TPSA) is 63.5 Å². The number of furan rings is 1. The van der Waals surface area contributed by atoms with E-state index in [1.807, 2.05) is 12.1 Å². The Bertz CT molecular complexity index is 268. The van der Waals surface area contributed by atoms with Crippen LogP contribution in [0.3, 0.4) is 0 Å². The molecule has 5 heteroatoms. The van der Waals surface area contributed by atoms with Crippen LogP contribution in [0.5, 0.6) is 0 Å².